The molecule has 1 unspecified atom stereocenters. The van der Waals surface area contributed by atoms with Crippen molar-refractivity contribution in [1.29, 1.82) is 0 Å². The summed E-state index contributed by atoms with van der Waals surface area (Å²) in [6, 6.07) is 5.37. The van der Waals surface area contributed by atoms with Gasteiger partial charge in [-0.15, -0.1) is 17.5 Å². The van der Waals surface area contributed by atoms with Gasteiger partial charge in [-0.05, 0) is 31.5 Å². The Morgan fingerprint density at radius 2 is 2.24 bits per heavy atom. The monoisotopic (exact) mass is 323 g/mol. The Labute approximate surface area is 134 Å². The van der Waals surface area contributed by atoms with Gasteiger partial charge in [0, 0.05) is 18.3 Å². The summed E-state index contributed by atoms with van der Waals surface area (Å²) >= 11 is 12.2. The first kappa shape index (κ1) is 15.8. The van der Waals surface area contributed by atoms with E-state index in [9.17, 15) is 4.79 Å². The van der Waals surface area contributed by atoms with Gasteiger partial charge in [0.2, 0.25) is 5.91 Å². The topological polar surface area (TPSA) is 29.5 Å². The molecule has 0 radical (unpaired) electrons. The number of ether oxygens (including phenoxy) is 1. The Kier molecular flexibility index (Phi) is 5.17. The molecule has 1 amide bonds. The van der Waals surface area contributed by atoms with Gasteiger partial charge in [-0.1, -0.05) is 23.6 Å². The summed E-state index contributed by atoms with van der Waals surface area (Å²) in [5.74, 6) is 6.10. The van der Waals surface area contributed by atoms with Gasteiger partial charge in [-0.2, -0.15) is 0 Å². The van der Waals surface area contributed by atoms with Crippen LogP contribution in [0.1, 0.15) is 18.9 Å². The number of hydrogen-bond donors (Lipinski definition) is 0. The lowest BCUT2D eigenvalue weighted by Gasteiger charge is -2.28. The van der Waals surface area contributed by atoms with Crippen LogP contribution in [0.2, 0.25) is 5.02 Å². The predicted octanol–water partition coefficient (Wildman–Crippen LogP) is 3.55. The van der Waals surface area contributed by atoms with Gasteiger partial charge < -0.3 is 9.64 Å². The fourth-order valence-electron chi connectivity index (χ4n) is 2.06. The fourth-order valence-corrected chi connectivity index (χ4v) is 2.56. The first-order chi connectivity index (χ1) is 10.0. The minimum absolute atomic E-state index is 0.121. The molecule has 2 rings (SSSR count). The molecule has 21 heavy (non-hydrogen) atoms. The first-order valence-electron chi connectivity index (χ1n) is 6.48. The van der Waals surface area contributed by atoms with Crippen LogP contribution in [0.3, 0.4) is 0 Å². The van der Waals surface area contributed by atoms with Gasteiger partial charge in [0.25, 0.3) is 0 Å². The number of alkyl halides is 1. The third-order valence-electron chi connectivity index (χ3n) is 3.18. The average molecular weight is 324 g/mol. The Morgan fingerprint density at radius 3 is 2.90 bits per heavy atom. The molecule has 0 aromatic heterocycles. The Morgan fingerprint density at radius 1 is 1.48 bits per heavy atom. The van der Waals surface area contributed by atoms with Crippen LogP contribution in [0.4, 0.5) is 0 Å². The van der Waals surface area contributed by atoms with Crippen molar-refractivity contribution in [1.82, 2.24) is 4.90 Å². The average Bonchev–Trinajstić information content (AvgIpc) is 2.46. The zero-order valence-corrected chi connectivity index (χ0v) is 13.3. The summed E-state index contributed by atoms with van der Waals surface area (Å²) in [5, 5.41) is 0.0173. The molecule has 1 heterocycles. The van der Waals surface area contributed by atoms with Crippen LogP contribution in [0, 0.1) is 11.8 Å². The zero-order valence-electron chi connectivity index (χ0n) is 11.8. The van der Waals surface area contributed by atoms with Crippen molar-refractivity contribution in [2.24, 2.45) is 0 Å². The lowest BCUT2D eigenvalue weighted by atomic mass is 10.0. The lowest BCUT2D eigenvalue weighted by Crippen LogP contribution is -2.35. The molecule has 1 aromatic rings. The van der Waals surface area contributed by atoms with Crippen molar-refractivity contribution in [2.75, 3.05) is 13.7 Å². The van der Waals surface area contributed by atoms with Crippen molar-refractivity contribution < 1.29 is 9.53 Å². The highest BCUT2D eigenvalue weighted by atomic mass is 35.5. The summed E-state index contributed by atoms with van der Waals surface area (Å²) in [7, 11) is 1.69. The van der Waals surface area contributed by atoms with Gasteiger partial charge in [0.15, 0.2) is 0 Å². The maximum absolute atomic E-state index is 11.9. The van der Waals surface area contributed by atoms with E-state index in [1.54, 1.807) is 20.0 Å². The van der Waals surface area contributed by atoms with E-state index in [2.05, 4.69) is 11.8 Å². The van der Waals surface area contributed by atoms with Crippen LogP contribution < -0.4 is 4.74 Å². The molecule has 0 fully saturated rings. The largest absolute Gasteiger partial charge is 0.481 e. The van der Waals surface area contributed by atoms with E-state index in [-0.39, 0.29) is 5.91 Å². The lowest BCUT2D eigenvalue weighted by molar-refractivity contribution is -0.126. The van der Waals surface area contributed by atoms with Crippen LogP contribution in [0.15, 0.2) is 24.3 Å². The van der Waals surface area contributed by atoms with Gasteiger partial charge in [-0.3, -0.25) is 4.79 Å². The van der Waals surface area contributed by atoms with E-state index < -0.39 is 5.38 Å². The van der Waals surface area contributed by atoms with Crippen LogP contribution in [-0.2, 0) is 4.79 Å². The van der Waals surface area contributed by atoms with Crippen LogP contribution in [0.25, 0.3) is 5.70 Å². The molecule has 0 saturated heterocycles. The van der Waals surface area contributed by atoms with E-state index in [1.165, 1.54) is 4.90 Å². The number of rotatable bonds is 3. The summed E-state index contributed by atoms with van der Waals surface area (Å²) < 4.78 is 5.46. The van der Waals surface area contributed by atoms with E-state index in [4.69, 9.17) is 27.9 Å². The van der Waals surface area contributed by atoms with Crippen LogP contribution in [-0.4, -0.2) is 29.8 Å². The number of allylic oxidation sites excluding steroid dienone is 1. The zero-order chi connectivity index (χ0) is 15.4. The highest BCUT2D eigenvalue weighted by Gasteiger charge is 2.27. The highest BCUT2D eigenvalue weighted by molar-refractivity contribution is 6.33. The molecule has 5 heteroatoms. The van der Waals surface area contributed by atoms with Crippen molar-refractivity contribution >= 4 is 34.8 Å². The Bertz CT molecular complexity index is 643. The third kappa shape index (κ3) is 3.53. The van der Waals surface area contributed by atoms with Crippen LogP contribution in [0.5, 0.6) is 5.75 Å². The molecule has 0 spiro atoms. The first-order valence-corrected chi connectivity index (χ1v) is 7.30. The number of hydrogen-bond acceptors (Lipinski definition) is 2. The Balaban J connectivity index is 2.24. The SMILES string of the molecule is CC#CCOc1ccc(C2=CCC(Cl)C(=O)N2C)c(Cl)c1. The smallest absolute Gasteiger partial charge is 0.245 e. The maximum Gasteiger partial charge on any atom is 0.245 e. The molecule has 0 aliphatic carbocycles. The Hall–Kier alpha value is -1.63. The second kappa shape index (κ2) is 6.89. The number of carbonyl (C=O) groups is 1. The van der Waals surface area contributed by atoms with Crippen LogP contribution >= 0.6 is 23.2 Å². The quantitative estimate of drug-likeness (QED) is 0.629. The number of benzene rings is 1. The molecule has 3 nitrogen and oxygen atoms in total. The van der Waals surface area contributed by atoms with Gasteiger partial charge in [0.05, 0.1) is 5.02 Å². The summed E-state index contributed by atoms with van der Waals surface area (Å²) in [4.78, 5) is 13.5. The summed E-state index contributed by atoms with van der Waals surface area (Å²) in [5.41, 5.74) is 1.55. The summed E-state index contributed by atoms with van der Waals surface area (Å²) in [6.07, 6.45) is 2.42. The molecule has 110 valence electrons. The number of halogens is 2. The minimum atomic E-state index is -0.507. The van der Waals surface area contributed by atoms with Crippen molar-refractivity contribution in [2.45, 2.75) is 18.7 Å². The highest BCUT2D eigenvalue weighted by Crippen LogP contribution is 2.33. The van der Waals surface area contributed by atoms with Crippen molar-refractivity contribution in [3.8, 4) is 17.6 Å². The molecule has 1 aliphatic heterocycles. The minimum Gasteiger partial charge on any atom is -0.481 e. The number of carbonyl (C=O) groups excluding carboxylic acids is 1. The molecule has 0 N–H and O–H groups in total. The van der Waals surface area contributed by atoms with Crippen molar-refractivity contribution in [3.05, 3.63) is 34.9 Å². The second-order valence-electron chi connectivity index (χ2n) is 4.55. The predicted molar refractivity (Wildman–Crippen MR) is 85.4 cm³/mol. The van der Waals surface area contributed by atoms with Crippen molar-refractivity contribution in [3.63, 3.8) is 0 Å². The second-order valence-corrected chi connectivity index (χ2v) is 5.48. The van der Waals surface area contributed by atoms with E-state index >= 15 is 0 Å². The fraction of sp³-hybridized carbons (Fsp3) is 0.312. The molecular formula is C16H15Cl2NO2. The van der Waals surface area contributed by atoms with Gasteiger partial charge in [0.1, 0.15) is 17.7 Å². The normalized spacial score (nSPS) is 17.9. The van der Waals surface area contributed by atoms with Gasteiger partial charge in [-0.25, -0.2) is 0 Å². The molecule has 1 aromatic carbocycles. The van der Waals surface area contributed by atoms with E-state index in [1.807, 2.05) is 18.2 Å². The molecule has 1 aliphatic rings. The molecule has 0 saturated carbocycles. The third-order valence-corrected chi connectivity index (χ3v) is 3.86. The van der Waals surface area contributed by atoms with E-state index in [0.29, 0.717) is 23.8 Å². The number of nitrogens with zero attached hydrogens (tertiary/aromatic N) is 1. The molecular weight excluding hydrogens is 309 g/mol. The van der Waals surface area contributed by atoms with Gasteiger partial charge >= 0.3 is 0 Å². The maximum atomic E-state index is 11.9. The number of amides is 1. The molecule has 0 bridgehead atoms. The standard InChI is InChI=1S/C16H15Cl2NO2/c1-3-4-9-21-11-5-6-12(14(18)10-11)15-8-7-13(17)16(20)19(15)2/h5-6,8,10,13H,7,9H2,1-2H3. The molecule has 1 atom stereocenters. The van der Waals surface area contributed by atoms with E-state index in [0.717, 1.165) is 11.3 Å². The summed E-state index contributed by atoms with van der Waals surface area (Å²) in [6.45, 7) is 2.08.